The van der Waals surface area contributed by atoms with Gasteiger partial charge in [-0.1, -0.05) is 25.1 Å². The molecule has 2 N–H and O–H groups in total. The average molecular weight is 261 g/mol. The molecule has 0 aliphatic carbocycles. The number of H-pyrrole nitrogens is 1. The number of amides is 1. The van der Waals surface area contributed by atoms with Gasteiger partial charge < -0.3 is 10.0 Å². The molecule has 0 saturated heterocycles. The largest absolute Gasteiger partial charge is 0.395 e. The number of aliphatic hydroxyl groups excluding tert-OH is 1. The highest BCUT2D eigenvalue weighted by Crippen LogP contribution is 2.16. The third-order valence-corrected chi connectivity index (χ3v) is 3.08. The van der Waals surface area contributed by atoms with Crippen molar-refractivity contribution in [3.63, 3.8) is 0 Å². The lowest BCUT2D eigenvalue weighted by Crippen LogP contribution is -2.35. The predicted molar refractivity (Wildman–Crippen MR) is 73.8 cm³/mol. The minimum atomic E-state index is -0.00450. The Morgan fingerprint density at radius 2 is 2.16 bits per heavy atom. The van der Waals surface area contributed by atoms with Crippen molar-refractivity contribution < 1.29 is 9.90 Å². The van der Waals surface area contributed by atoms with E-state index < -0.39 is 0 Å². The summed E-state index contributed by atoms with van der Waals surface area (Å²) in [6.45, 7) is 3.07. The lowest BCUT2D eigenvalue weighted by Gasteiger charge is -2.20. The van der Waals surface area contributed by atoms with E-state index in [4.69, 9.17) is 5.11 Å². The predicted octanol–water partition coefficient (Wildman–Crippen LogP) is 1.34. The zero-order chi connectivity index (χ0) is 13.7. The molecule has 5 nitrogen and oxygen atoms in total. The molecule has 0 aliphatic rings. The second-order valence-corrected chi connectivity index (χ2v) is 4.50. The summed E-state index contributed by atoms with van der Waals surface area (Å²) in [5, 5.41) is 17.1. The molecule has 0 aliphatic heterocycles. The van der Waals surface area contributed by atoms with Crippen LogP contribution in [0.3, 0.4) is 0 Å². The molecule has 0 spiro atoms. The molecule has 1 aromatic carbocycles. The Balaban J connectivity index is 2.13. The van der Waals surface area contributed by atoms with Gasteiger partial charge in [-0.3, -0.25) is 9.89 Å². The molecule has 0 saturated carbocycles. The van der Waals surface area contributed by atoms with Crippen molar-refractivity contribution in [2.75, 3.05) is 19.7 Å². The summed E-state index contributed by atoms with van der Waals surface area (Å²) in [6.07, 6.45) is 1.18. The van der Waals surface area contributed by atoms with Crippen LogP contribution in [0.2, 0.25) is 0 Å². The Hall–Kier alpha value is -1.88. The first-order valence-corrected chi connectivity index (χ1v) is 6.57. The Morgan fingerprint density at radius 1 is 1.37 bits per heavy atom. The van der Waals surface area contributed by atoms with E-state index in [1.807, 2.05) is 31.2 Å². The standard InChI is InChI=1S/C14H19N3O2/c1-2-7-17(8-9-18)14(19)10-13-11-5-3-4-6-12(11)15-16-13/h3-6,18H,2,7-10H2,1H3,(H,15,16). The van der Waals surface area contributed by atoms with E-state index in [9.17, 15) is 4.79 Å². The Bertz CT molecular complexity index is 544. The van der Waals surface area contributed by atoms with Crippen LogP contribution in [0.1, 0.15) is 19.0 Å². The van der Waals surface area contributed by atoms with Gasteiger partial charge in [0.15, 0.2) is 0 Å². The number of hydrogen-bond acceptors (Lipinski definition) is 3. The maximum atomic E-state index is 12.2. The number of rotatable bonds is 6. The van der Waals surface area contributed by atoms with Crippen LogP contribution in [-0.2, 0) is 11.2 Å². The molecule has 0 bridgehead atoms. The summed E-state index contributed by atoms with van der Waals surface area (Å²) in [6, 6.07) is 7.72. The first-order valence-electron chi connectivity index (χ1n) is 6.57. The second kappa shape index (κ2) is 6.33. The van der Waals surface area contributed by atoms with E-state index in [0.717, 1.165) is 23.0 Å². The number of fused-ring (bicyclic) bond motifs is 1. The molecule has 0 unspecified atom stereocenters. The summed E-state index contributed by atoms with van der Waals surface area (Å²) in [5.74, 6) is 0.0188. The smallest absolute Gasteiger partial charge is 0.228 e. The van der Waals surface area contributed by atoms with Crippen LogP contribution >= 0.6 is 0 Å². The topological polar surface area (TPSA) is 69.2 Å². The van der Waals surface area contributed by atoms with Gasteiger partial charge in [0.05, 0.1) is 24.2 Å². The molecular weight excluding hydrogens is 242 g/mol. The van der Waals surface area contributed by atoms with E-state index in [-0.39, 0.29) is 12.5 Å². The quantitative estimate of drug-likeness (QED) is 0.824. The number of nitrogens with zero attached hydrogens (tertiary/aromatic N) is 2. The van der Waals surface area contributed by atoms with Crippen LogP contribution in [-0.4, -0.2) is 45.8 Å². The molecule has 1 heterocycles. The molecule has 0 fully saturated rings. The molecule has 2 aromatic rings. The maximum Gasteiger partial charge on any atom is 0.228 e. The molecule has 1 amide bonds. The van der Waals surface area contributed by atoms with Crippen LogP contribution in [0.15, 0.2) is 24.3 Å². The normalized spacial score (nSPS) is 10.8. The summed E-state index contributed by atoms with van der Waals surface area (Å²) in [4.78, 5) is 13.9. The van der Waals surface area contributed by atoms with E-state index >= 15 is 0 Å². The number of aliphatic hydroxyl groups is 1. The molecular formula is C14H19N3O2. The zero-order valence-electron chi connectivity index (χ0n) is 11.1. The lowest BCUT2D eigenvalue weighted by molar-refractivity contribution is -0.131. The number of benzene rings is 1. The highest BCUT2D eigenvalue weighted by molar-refractivity contribution is 5.87. The fraction of sp³-hybridized carbons (Fsp3) is 0.429. The van der Waals surface area contributed by atoms with Gasteiger partial charge in [-0.2, -0.15) is 5.10 Å². The van der Waals surface area contributed by atoms with Crippen molar-refractivity contribution in [1.82, 2.24) is 15.1 Å². The third kappa shape index (κ3) is 3.12. The minimum Gasteiger partial charge on any atom is -0.395 e. The van der Waals surface area contributed by atoms with Crippen molar-refractivity contribution in [2.24, 2.45) is 0 Å². The number of nitrogens with one attached hydrogen (secondary N) is 1. The maximum absolute atomic E-state index is 12.2. The number of aromatic nitrogens is 2. The number of carbonyl (C=O) groups is 1. The number of aromatic amines is 1. The molecule has 0 radical (unpaired) electrons. The van der Waals surface area contributed by atoms with E-state index in [2.05, 4.69) is 10.2 Å². The van der Waals surface area contributed by atoms with Gasteiger partial charge in [-0.15, -0.1) is 0 Å². The lowest BCUT2D eigenvalue weighted by atomic mass is 10.1. The van der Waals surface area contributed by atoms with Crippen LogP contribution in [0.4, 0.5) is 0 Å². The zero-order valence-corrected chi connectivity index (χ0v) is 11.1. The third-order valence-electron chi connectivity index (χ3n) is 3.08. The Kier molecular flexibility index (Phi) is 4.52. The molecule has 19 heavy (non-hydrogen) atoms. The van der Waals surface area contributed by atoms with Crippen LogP contribution < -0.4 is 0 Å². The highest BCUT2D eigenvalue weighted by Gasteiger charge is 2.15. The van der Waals surface area contributed by atoms with E-state index in [1.165, 1.54) is 0 Å². The summed E-state index contributed by atoms with van der Waals surface area (Å²) in [5.41, 5.74) is 1.70. The van der Waals surface area contributed by atoms with Gasteiger partial charge in [0.1, 0.15) is 0 Å². The summed E-state index contributed by atoms with van der Waals surface area (Å²) >= 11 is 0. The summed E-state index contributed by atoms with van der Waals surface area (Å²) in [7, 11) is 0. The van der Waals surface area contributed by atoms with Gasteiger partial charge in [-0.25, -0.2) is 0 Å². The molecule has 5 heteroatoms. The first kappa shape index (κ1) is 13.5. The number of para-hydroxylation sites is 1. The Morgan fingerprint density at radius 3 is 2.89 bits per heavy atom. The van der Waals surface area contributed by atoms with E-state index in [1.54, 1.807) is 4.90 Å². The molecule has 0 atom stereocenters. The fourth-order valence-electron chi connectivity index (χ4n) is 2.16. The van der Waals surface area contributed by atoms with E-state index in [0.29, 0.717) is 19.5 Å². The Labute approximate surface area is 112 Å². The number of hydrogen-bond donors (Lipinski definition) is 2. The molecule has 1 aromatic heterocycles. The van der Waals surface area contributed by atoms with Crippen molar-refractivity contribution in [3.05, 3.63) is 30.0 Å². The fourth-order valence-corrected chi connectivity index (χ4v) is 2.16. The van der Waals surface area contributed by atoms with Gasteiger partial charge in [0.25, 0.3) is 0 Å². The molecule has 102 valence electrons. The van der Waals surface area contributed by atoms with Gasteiger partial charge >= 0.3 is 0 Å². The van der Waals surface area contributed by atoms with Crippen LogP contribution in [0.5, 0.6) is 0 Å². The highest BCUT2D eigenvalue weighted by atomic mass is 16.3. The van der Waals surface area contributed by atoms with Gasteiger partial charge in [0, 0.05) is 18.5 Å². The van der Waals surface area contributed by atoms with Gasteiger partial charge in [-0.05, 0) is 12.5 Å². The van der Waals surface area contributed by atoms with Crippen molar-refractivity contribution >= 4 is 16.8 Å². The average Bonchev–Trinajstić information content (AvgIpc) is 2.82. The van der Waals surface area contributed by atoms with Gasteiger partial charge in [0.2, 0.25) is 5.91 Å². The minimum absolute atomic E-state index is 0.00450. The molecule has 2 rings (SSSR count). The van der Waals surface area contributed by atoms with Crippen LogP contribution in [0.25, 0.3) is 10.9 Å². The second-order valence-electron chi connectivity index (χ2n) is 4.50. The SMILES string of the molecule is CCCN(CCO)C(=O)Cc1[nH]nc2ccccc12. The van der Waals surface area contributed by atoms with Crippen molar-refractivity contribution in [1.29, 1.82) is 0 Å². The first-order chi connectivity index (χ1) is 9.26. The van der Waals surface area contributed by atoms with Crippen LogP contribution in [0, 0.1) is 0 Å². The number of carbonyl (C=O) groups excluding carboxylic acids is 1. The summed E-state index contributed by atoms with van der Waals surface area (Å²) < 4.78 is 0. The monoisotopic (exact) mass is 261 g/mol. The van der Waals surface area contributed by atoms with Crippen molar-refractivity contribution in [2.45, 2.75) is 19.8 Å². The van der Waals surface area contributed by atoms with Crippen molar-refractivity contribution in [3.8, 4) is 0 Å².